The predicted octanol–water partition coefficient (Wildman–Crippen LogP) is 6.27. The fourth-order valence-corrected chi connectivity index (χ4v) is 7.65. The van der Waals surface area contributed by atoms with Crippen molar-refractivity contribution in [2.45, 2.75) is 26.5 Å². The quantitative estimate of drug-likeness (QED) is 0.163. The SMILES string of the molecule is CCOC(=O)C1=C(C)N=c2s/c(=C\c3cc(Br)cc(I)c3OCc3ccccc3C#N)c(=O)n2[C@H]1c1ccccc1Cl. The number of esters is 1. The van der Waals surface area contributed by atoms with Gasteiger partial charge in [0.05, 0.1) is 37.6 Å². The summed E-state index contributed by atoms with van der Waals surface area (Å²) in [6.07, 6.45) is 1.76. The Hall–Kier alpha value is -3.24. The molecule has 0 amide bonds. The van der Waals surface area contributed by atoms with Gasteiger partial charge in [0.15, 0.2) is 4.80 Å². The molecule has 4 aromatic rings. The van der Waals surface area contributed by atoms with Crippen LogP contribution in [0.2, 0.25) is 5.02 Å². The molecule has 0 saturated heterocycles. The molecule has 7 nitrogen and oxygen atoms in total. The highest BCUT2D eigenvalue weighted by Gasteiger charge is 2.34. The number of benzene rings is 3. The summed E-state index contributed by atoms with van der Waals surface area (Å²) in [7, 11) is 0. The molecule has 0 N–H and O–H groups in total. The molecule has 0 saturated carbocycles. The normalized spacial score (nSPS) is 14.7. The number of allylic oxidation sites excluding steroid dienone is 1. The molecule has 0 aliphatic carbocycles. The van der Waals surface area contributed by atoms with Gasteiger partial charge in [-0.25, -0.2) is 9.79 Å². The first-order chi connectivity index (χ1) is 20.2. The van der Waals surface area contributed by atoms with E-state index >= 15 is 0 Å². The van der Waals surface area contributed by atoms with Gasteiger partial charge in [-0.05, 0) is 72.3 Å². The van der Waals surface area contributed by atoms with Crippen LogP contribution in [-0.4, -0.2) is 17.1 Å². The van der Waals surface area contributed by atoms with Gasteiger partial charge in [0, 0.05) is 20.6 Å². The van der Waals surface area contributed by atoms with E-state index in [4.69, 9.17) is 21.1 Å². The van der Waals surface area contributed by atoms with Crippen molar-refractivity contribution in [1.82, 2.24) is 4.57 Å². The number of fused-ring (bicyclic) bond motifs is 1. The number of thiazole rings is 1. The Bertz CT molecular complexity index is 1980. The summed E-state index contributed by atoms with van der Waals surface area (Å²) in [6.45, 7) is 3.82. The van der Waals surface area contributed by atoms with Crippen LogP contribution in [0, 0.1) is 14.9 Å². The number of halogens is 3. The van der Waals surface area contributed by atoms with Crippen LogP contribution in [0.25, 0.3) is 6.08 Å². The molecule has 2 heterocycles. The van der Waals surface area contributed by atoms with E-state index in [0.717, 1.165) is 13.6 Å². The van der Waals surface area contributed by atoms with Crippen molar-refractivity contribution in [3.05, 3.63) is 127 Å². The average molecular weight is 775 g/mol. The zero-order valence-electron chi connectivity index (χ0n) is 22.4. The molecule has 0 unspecified atom stereocenters. The molecule has 212 valence electrons. The zero-order valence-corrected chi connectivity index (χ0v) is 27.7. The molecular weight excluding hydrogens is 753 g/mol. The van der Waals surface area contributed by atoms with E-state index in [2.05, 4.69) is 49.6 Å². The van der Waals surface area contributed by atoms with Crippen molar-refractivity contribution in [3.8, 4) is 11.8 Å². The van der Waals surface area contributed by atoms with Crippen LogP contribution < -0.4 is 19.6 Å². The Morgan fingerprint density at radius 2 is 1.98 bits per heavy atom. The number of aromatic nitrogens is 1. The van der Waals surface area contributed by atoms with Crippen LogP contribution in [0.15, 0.2) is 86.2 Å². The molecule has 1 atom stereocenters. The molecule has 0 radical (unpaired) electrons. The van der Waals surface area contributed by atoms with Gasteiger partial charge in [0.25, 0.3) is 5.56 Å². The smallest absolute Gasteiger partial charge is 0.338 e. The lowest BCUT2D eigenvalue weighted by molar-refractivity contribution is -0.139. The van der Waals surface area contributed by atoms with Gasteiger partial charge in [0.2, 0.25) is 0 Å². The van der Waals surface area contributed by atoms with Gasteiger partial charge in [-0.15, -0.1) is 0 Å². The highest BCUT2D eigenvalue weighted by molar-refractivity contribution is 14.1. The lowest BCUT2D eigenvalue weighted by atomic mass is 9.96. The molecule has 1 aliphatic heterocycles. The molecule has 42 heavy (non-hydrogen) atoms. The van der Waals surface area contributed by atoms with Crippen LogP contribution in [0.3, 0.4) is 0 Å². The van der Waals surface area contributed by atoms with E-state index in [0.29, 0.717) is 42.5 Å². The van der Waals surface area contributed by atoms with E-state index in [1.54, 1.807) is 44.2 Å². The standard InChI is InChI=1S/C31H22BrClIN3O4S/c1-3-40-30(39)26-17(2)36-31-37(27(26)22-10-6-7-11-23(22)33)29(38)25(42-31)13-20-12-21(32)14-24(34)28(20)41-16-19-9-5-4-8-18(19)15-35/h4-14,27H,3,16H2,1-2H3/b25-13-/t27-/m0/s1. The van der Waals surface area contributed by atoms with E-state index in [1.165, 1.54) is 15.9 Å². The third-order valence-electron chi connectivity index (χ3n) is 6.55. The number of nitrogens with zero attached hydrogens (tertiary/aromatic N) is 3. The number of ether oxygens (including phenoxy) is 2. The number of nitriles is 1. The molecular formula is C31H22BrClIN3O4S. The first-order valence-electron chi connectivity index (χ1n) is 12.8. The minimum atomic E-state index is -0.808. The summed E-state index contributed by atoms with van der Waals surface area (Å²) in [4.78, 5) is 32.3. The lowest BCUT2D eigenvalue weighted by Gasteiger charge is -2.25. The molecule has 5 rings (SSSR count). The van der Waals surface area contributed by atoms with Gasteiger partial charge in [-0.1, -0.05) is 75.3 Å². The predicted molar refractivity (Wildman–Crippen MR) is 174 cm³/mol. The van der Waals surface area contributed by atoms with Crippen LogP contribution in [0.1, 0.15) is 42.1 Å². The highest BCUT2D eigenvalue weighted by atomic mass is 127. The molecule has 0 bridgehead atoms. The summed E-state index contributed by atoms with van der Waals surface area (Å²) in [6, 6.07) is 19.5. The second-order valence-electron chi connectivity index (χ2n) is 9.19. The van der Waals surface area contributed by atoms with Gasteiger partial charge >= 0.3 is 5.97 Å². The maximum absolute atomic E-state index is 14.1. The Balaban J connectivity index is 1.66. The minimum absolute atomic E-state index is 0.179. The van der Waals surface area contributed by atoms with Gasteiger partial charge in [-0.3, -0.25) is 9.36 Å². The van der Waals surface area contributed by atoms with E-state index in [9.17, 15) is 14.9 Å². The molecule has 1 aromatic heterocycles. The maximum Gasteiger partial charge on any atom is 0.338 e. The highest BCUT2D eigenvalue weighted by Crippen LogP contribution is 2.35. The van der Waals surface area contributed by atoms with Gasteiger partial charge < -0.3 is 9.47 Å². The Kier molecular flexibility index (Phi) is 9.32. The monoisotopic (exact) mass is 773 g/mol. The number of carbonyl (C=O) groups excluding carboxylic acids is 1. The van der Waals surface area contributed by atoms with Crippen molar-refractivity contribution >= 4 is 73.5 Å². The number of carbonyl (C=O) groups is 1. The average Bonchev–Trinajstić information content (AvgIpc) is 3.26. The first kappa shape index (κ1) is 30.2. The summed E-state index contributed by atoms with van der Waals surface area (Å²) in [5.74, 6) is 0.0243. The zero-order chi connectivity index (χ0) is 30.0. The summed E-state index contributed by atoms with van der Waals surface area (Å²) in [5.41, 5.74) is 2.96. The van der Waals surface area contributed by atoms with Crippen LogP contribution in [0.4, 0.5) is 0 Å². The third kappa shape index (κ3) is 5.97. The lowest BCUT2D eigenvalue weighted by Crippen LogP contribution is -2.40. The molecule has 0 fully saturated rings. The van der Waals surface area contributed by atoms with Crippen molar-refractivity contribution < 1.29 is 14.3 Å². The second-order valence-corrected chi connectivity index (χ2v) is 12.7. The molecule has 11 heteroatoms. The Morgan fingerprint density at radius 3 is 2.71 bits per heavy atom. The number of rotatable bonds is 7. The number of hydrogen-bond donors (Lipinski definition) is 0. The largest absolute Gasteiger partial charge is 0.487 e. The van der Waals surface area contributed by atoms with E-state index < -0.39 is 12.0 Å². The molecule has 3 aromatic carbocycles. The fraction of sp³-hybridized carbons (Fsp3) is 0.161. The molecule has 0 spiro atoms. The van der Waals surface area contributed by atoms with Crippen LogP contribution in [-0.2, 0) is 16.1 Å². The van der Waals surface area contributed by atoms with Crippen molar-refractivity contribution in [2.75, 3.05) is 6.61 Å². The minimum Gasteiger partial charge on any atom is -0.487 e. The summed E-state index contributed by atoms with van der Waals surface area (Å²) < 4.78 is 15.1. The van der Waals surface area contributed by atoms with Crippen LogP contribution >= 0.6 is 61.5 Å². The van der Waals surface area contributed by atoms with Gasteiger partial charge in [-0.2, -0.15) is 5.26 Å². The van der Waals surface area contributed by atoms with Crippen molar-refractivity contribution in [3.63, 3.8) is 0 Å². The third-order valence-corrected chi connectivity index (χ3v) is 9.14. The maximum atomic E-state index is 14.1. The molecule has 1 aliphatic rings. The Morgan fingerprint density at radius 1 is 1.24 bits per heavy atom. The van der Waals surface area contributed by atoms with Crippen molar-refractivity contribution in [1.29, 1.82) is 5.26 Å². The summed E-state index contributed by atoms with van der Waals surface area (Å²) in [5, 5.41) is 9.90. The second kappa shape index (κ2) is 13.0. The first-order valence-corrected chi connectivity index (χ1v) is 15.8. The van der Waals surface area contributed by atoms with Crippen molar-refractivity contribution in [2.24, 2.45) is 4.99 Å². The van der Waals surface area contributed by atoms with Gasteiger partial charge in [0.1, 0.15) is 18.4 Å². The Labute approximate surface area is 272 Å². The fourth-order valence-electron chi connectivity index (χ4n) is 4.67. The van der Waals surface area contributed by atoms with E-state index in [-0.39, 0.29) is 24.3 Å². The summed E-state index contributed by atoms with van der Waals surface area (Å²) >= 11 is 13.6. The topological polar surface area (TPSA) is 93.7 Å². The van der Waals surface area contributed by atoms with E-state index in [1.807, 2.05) is 36.4 Å². The van der Waals surface area contributed by atoms with Crippen LogP contribution in [0.5, 0.6) is 5.75 Å². The number of hydrogen-bond acceptors (Lipinski definition) is 7.